The van der Waals surface area contributed by atoms with Gasteiger partial charge in [0, 0.05) is 14.7 Å². The largest absolute Gasteiger partial charge is 2.00 e. The van der Waals surface area contributed by atoms with Crippen molar-refractivity contribution in [3.05, 3.63) is 0 Å². The van der Waals surface area contributed by atoms with Gasteiger partial charge in [0.15, 0.2) is 0 Å². The van der Waals surface area contributed by atoms with Crippen LogP contribution >= 0.6 is 14.7 Å². The molecular formula is C12H28MgO4P2. The van der Waals surface area contributed by atoms with Gasteiger partial charge in [-0.25, -0.2) is 0 Å². The van der Waals surface area contributed by atoms with Crippen LogP contribution in [0.3, 0.4) is 0 Å². The van der Waals surface area contributed by atoms with E-state index in [1.165, 1.54) is 0 Å². The van der Waals surface area contributed by atoms with Crippen LogP contribution in [-0.2, 0) is 9.13 Å². The average Bonchev–Trinajstić information content (AvgIpc) is 2.35. The molecule has 0 saturated carbocycles. The molecule has 4 nitrogen and oxygen atoms in total. The van der Waals surface area contributed by atoms with E-state index in [0.717, 1.165) is 25.7 Å². The van der Waals surface area contributed by atoms with Crippen molar-refractivity contribution in [2.45, 2.75) is 53.4 Å². The van der Waals surface area contributed by atoms with Gasteiger partial charge in [0.1, 0.15) is 0 Å². The third kappa shape index (κ3) is 19.1. The van der Waals surface area contributed by atoms with Gasteiger partial charge in [-0.05, 0) is 37.5 Å². The third-order valence-electron chi connectivity index (χ3n) is 2.67. The van der Waals surface area contributed by atoms with E-state index in [-0.39, 0.29) is 23.1 Å². The van der Waals surface area contributed by atoms with Crippen LogP contribution in [0.25, 0.3) is 0 Å². The molecular weight excluding hydrogens is 294 g/mol. The number of hydrogen-bond donors (Lipinski definition) is 0. The summed E-state index contributed by atoms with van der Waals surface area (Å²) in [5.74, 6) is 0. The second-order valence-electron chi connectivity index (χ2n) is 4.42. The minimum Gasteiger partial charge on any atom is -0.799 e. The van der Waals surface area contributed by atoms with E-state index < -0.39 is 14.7 Å². The standard InChI is InChI=1S/2C6H15O2P.Mg/c2*1-3-5-6-9(7,8)4-2;/h2*3-6H2,1-2H3,(H,7,8);/q;;+2/p-2. The van der Waals surface area contributed by atoms with Gasteiger partial charge in [0.25, 0.3) is 0 Å². The molecule has 0 amide bonds. The molecule has 0 rings (SSSR count). The van der Waals surface area contributed by atoms with Gasteiger partial charge in [-0.1, -0.05) is 40.5 Å². The molecule has 0 aliphatic rings. The van der Waals surface area contributed by atoms with E-state index in [9.17, 15) is 18.9 Å². The Kier molecular flexibility index (Phi) is 18.6. The zero-order valence-electron chi connectivity index (χ0n) is 12.9. The van der Waals surface area contributed by atoms with Crippen molar-refractivity contribution in [3.8, 4) is 0 Å². The molecule has 0 aromatic rings. The maximum atomic E-state index is 10.8. The van der Waals surface area contributed by atoms with Gasteiger partial charge in [-0.2, -0.15) is 0 Å². The molecule has 0 aromatic heterocycles. The van der Waals surface area contributed by atoms with E-state index in [4.69, 9.17) is 0 Å². The second-order valence-corrected chi connectivity index (χ2v) is 9.83. The van der Waals surface area contributed by atoms with Gasteiger partial charge in [-0.3, -0.25) is 0 Å². The molecule has 0 N–H and O–H groups in total. The summed E-state index contributed by atoms with van der Waals surface area (Å²) in [5, 5.41) is 0. The van der Waals surface area contributed by atoms with Crippen molar-refractivity contribution in [2.75, 3.05) is 24.6 Å². The van der Waals surface area contributed by atoms with Crippen LogP contribution < -0.4 is 9.79 Å². The first-order chi connectivity index (χ1) is 8.24. The molecule has 0 aliphatic carbocycles. The summed E-state index contributed by atoms with van der Waals surface area (Å²) in [6.45, 7) is 7.39. The molecule has 2 unspecified atom stereocenters. The van der Waals surface area contributed by atoms with Crippen molar-refractivity contribution in [1.82, 2.24) is 0 Å². The molecule has 0 aromatic carbocycles. The fraction of sp³-hybridized carbons (Fsp3) is 1.00. The zero-order valence-corrected chi connectivity index (χ0v) is 16.1. The van der Waals surface area contributed by atoms with Crippen molar-refractivity contribution in [1.29, 1.82) is 0 Å². The Bertz CT molecular complexity index is 257. The molecule has 0 bridgehead atoms. The Morgan fingerprint density at radius 1 is 0.737 bits per heavy atom. The first-order valence-corrected chi connectivity index (χ1v) is 10.8. The Morgan fingerprint density at radius 3 is 1.16 bits per heavy atom. The monoisotopic (exact) mass is 322 g/mol. The van der Waals surface area contributed by atoms with Crippen LogP contribution in [0, 0.1) is 0 Å². The normalized spacial score (nSPS) is 16.3. The summed E-state index contributed by atoms with van der Waals surface area (Å²) in [4.78, 5) is 21.6. The maximum absolute atomic E-state index is 10.8. The number of unbranched alkanes of at least 4 members (excludes halogenated alkanes) is 2. The minimum atomic E-state index is -2.94. The summed E-state index contributed by atoms with van der Waals surface area (Å²) >= 11 is 0. The fourth-order valence-electron chi connectivity index (χ4n) is 1.11. The molecule has 112 valence electrons. The number of hydrogen-bond acceptors (Lipinski definition) is 4. The molecule has 0 aliphatic heterocycles. The van der Waals surface area contributed by atoms with Crippen molar-refractivity contribution in [2.24, 2.45) is 0 Å². The molecule has 0 saturated heterocycles. The molecule has 19 heavy (non-hydrogen) atoms. The first kappa shape index (κ1) is 25.1. The summed E-state index contributed by atoms with van der Waals surface area (Å²) in [5.41, 5.74) is 0. The van der Waals surface area contributed by atoms with E-state index in [0.29, 0.717) is 24.6 Å². The zero-order chi connectivity index (χ0) is 14.7. The van der Waals surface area contributed by atoms with Crippen LogP contribution in [-0.4, -0.2) is 47.7 Å². The van der Waals surface area contributed by atoms with Gasteiger partial charge in [0.2, 0.25) is 0 Å². The molecule has 2 atom stereocenters. The molecule has 0 fully saturated rings. The van der Waals surface area contributed by atoms with E-state index in [1.54, 1.807) is 13.8 Å². The number of rotatable bonds is 8. The van der Waals surface area contributed by atoms with Crippen LogP contribution in [0.15, 0.2) is 0 Å². The molecule has 0 radical (unpaired) electrons. The van der Waals surface area contributed by atoms with Gasteiger partial charge < -0.3 is 18.9 Å². The Morgan fingerprint density at radius 2 is 1.00 bits per heavy atom. The average molecular weight is 323 g/mol. The quantitative estimate of drug-likeness (QED) is 0.508. The van der Waals surface area contributed by atoms with Crippen LogP contribution in [0.4, 0.5) is 0 Å². The molecule has 0 spiro atoms. The molecule has 0 heterocycles. The smallest absolute Gasteiger partial charge is 0.799 e. The van der Waals surface area contributed by atoms with E-state index in [2.05, 4.69) is 0 Å². The van der Waals surface area contributed by atoms with Crippen molar-refractivity contribution >= 4 is 37.8 Å². The van der Waals surface area contributed by atoms with E-state index in [1.807, 2.05) is 13.8 Å². The second kappa shape index (κ2) is 14.1. The Labute approximate surface area is 134 Å². The molecule has 7 heteroatoms. The van der Waals surface area contributed by atoms with Crippen LogP contribution in [0.1, 0.15) is 53.4 Å². The Balaban J connectivity index is -0.000000256. The van der Waals surface area contributed by atoms with Gasteiger partial charge in [0.05, 0.1) is 0 Å². The van der Waals surface area contributed by atoms with Crippen molar-refractivity contribution < 1.29 is 18.9 Å². The minimum absolute atomic E-state index is 0. The van der Waals surface area contributed by atoms with Crippen LogP contribution in [0.2, 0.25) is 0 Å². The first-order valence-electron chi connectivity index (χ1n) is 6.82. The summed E-state index contributed by atoms with van der Waals surface area (Å²) in [7, 11) is -5.88. The predicted molar refractivity (Wildman–Crippen MR) is 81.6 cm³/mol. The van der Waals surface area contributed by atoms with E-state index >= 15 is 0 Å². The summed E-state index contributed by atoms with van der Waals surface area (Å²) in [6, 6.07) is 0. The maximum Gasteiger partial charge on any atom is 2.00 e. The summed E-state index contributed by atoms with van der Waals surface area (Å²) < 4.78 is 21.6. The SMILES string of the molecule is CCCCP(=O)([O-])CC.CCCCP(=O)([O-])CC.[Mg+2]. The van der Waals surface area contributed by atoms with Gasteiger partial charge >= 0.3 is 23.1 Å². The summed E-state index contributed by atoms with van der Waals surface area (Å²) in [6.07, 6.45) is 4.96. The van der Waals surface area contributed by atoms with Crippen molar-refractivity contribution in [3.63, 3.8) is 0 Å². The van der Waals surface area contributed by atoms with Crippen LogP contribution in [0.5, 0.6) is 0 Å². The predicted octanol–water partition coefficient (Wildman–Crippen LogP) is 2.51. The fourth-order valence-corrected chi connectivity index (χ4v) is 3.34. The third-order valence-corrected chi connectivity index (χ3v) is 6.59. The Hall–Kier alpha value is 1.15. The van der Waals surface area contributed by atoms with Gasteiger partial charge in [-0.15, -0.1) is 0 Å². The topological polar surface area (TPSA) is 80.3 Å².